The second-order valence-corrected chi connectivity index (χ2v) is 6.87. The fourth-order valence-electron chi connectivity index (χ4n) is 3.63. The van der Waals surface area contributed by atoms with Crippen LogP contribution in [0, 0.1) is 0 Å². The van der Waals surface area contributed by atoms with E-state index in [2.05, 4.69) is 23.5 Å². The van der Waals surface area contributed by atoms with Crippen LogP contribution in [0.15, 0.2) is 48.5 Å². The number of hydrogen-bond acceptors (Lipinski definition) is 4. The standard InChI is InChI=1S/C21H27N3O2/c1-15(25)24(13-16-7-3-6-10-21(16)26-2)14-18(22)11-17-12-23-20-9-5-4-8-19(17)20/h3-10,17-18,23H,11-14,22H2,1-2H3/t17-,18?/m0/s1. The lowest BCUT2D eigenvalue weighted by atomic mass is 9.94. The van der Waals surface area contributed by atoms with Gasteiger partial charge in [0, 0.05) is 49.8 Å². The summed E-state index contributed by atoms with van der Waals surface area (Å²) in [5, 5.41) is 3.43. The van der Waals surface area contributed by atoms with Crippen molar-refractivity contribution in [3.05, 3.63) is 59.7 Å². The maximum absolute atomic E-state index is 12.1. The topological polar surface area (TPSA) is 67.6 Å². The number of amides is 1. The van der Waals surface area contributed by atoms with E-state index in [1.54, 1.807) is 18.9 Å². The van der Waals surface area contributed by atoms with Gasteiger partial charge in [-0.05, 0) is 24.1 Å². The smallest absolute Gasteiger partial charge is 0.219 e. The first-order valence-electron chi connectivity index (χ1n) is 9.04. The highest BCUT2D eigenvalue weighted by atomic mass is 16.5. The molecule has 0 aromatic heterocycles. The second-order valence-electron chi connectivity index (χ2n) is 6.87. The predicted octanol–water partition coefficient (Wildman–Crippen LogP) is 2.97. The van der Waals surface area contributed by atoms with Crippen LogP contribution in [0.4, 0.5) is 5.69 Å². The van der Waals surface area contributed by atoms with Crippen LogP contribution in [-0.2, 0) is 11.3 Å². The van der Waals surface area contributed by atoms with Crippen LogP contribution in [-0.4, -0.2) is 37.0 Å². The number of nitrogens with one attached hydrogen (secondary N) is 1. The lowest BCUT2D eigenvalue weighted by Crippen LogP contribution is -2.40. The van der Waals surface area contributed by atoms with Gasteiger partial charge in [0.2, 0.25) is 5.91 Å². The Labute approximate surface area is 155 Å². The lowest BCUT2D eigenvalue weighted by Gasteiger charge is -2.27. The normalized spacial score (nSPS) is 16.5. The van der Waals surface area contributed by atoms with Gasteiger partial charge in [0.25, 0.3) is 0 Å². The number of nitrogens with two attached hydrogens (primary N) is 1. The molecule has 0 radical (unpaired) electrons. The van der Waals surface area contributed by atoms with Crippen LogP contribution in [0.3, 0.4) is 0 Å². The molecule has 26 heavy (non-hydrogen) atoms. The third-order valence-corrected chi connectivity index (χ3v) is 4.98. The number of anilines is 1. The minimum Gasteiger partial charge on any atom is -0.496 e. The summed E-state index contributed by atoms with van der Waals surface area (Å²) in [6, 6.07) is 16.1. The fraction of sp³-hybridized carbons (Fsp3) is 0.381. The van der Waals surface area contributed by atoms with Crippen molar-refractivity contribution in [3.63, 3.8) is 0 Å². The minimum absolute atomic E-state index is 0.0244. The van der Waals surface area contributed by atoms with Gasteiger partial charge >= 0.3 is 0 Å². The number of hydrogen-bond donors (Lipinski definition) is 2. The summed E-state index contributed by atoms with van der Waals surface area (Å²) in [6.07, 6.45) is 0.847. The van der Waals surface area contributed by atoms with Crippen molar-refractivity contribution in [3.8, 4) is 5.75 Å². The number of methoxy groups -OCH3 is 1. The minimum atomic E-state index is -0.0773. The largest absolute Gasteiger partial charge is 0.496 e. The first-order valence-corrected chi connectivity index (χ1v) is 9.04. The molecule has 3 rings (SSSR count). The highest BCUT2D eigenvalue weighted by Crippen LogP contribution is 2.33. The molecule has 1 unspecified atom stereocenters. The molecule has 1 heterocycles. The molecule has 1 aliphatic rings. The molecule has 5 heteroatoms. The Hall–Kier alpha value is -2.53. The van der Waals surface area contributed by atoms with E-state index in [-0.39, 0.29) is 11.9 Å². The first-order chi connectivity index (χ1) is 12.6. The number of benzene rings is 2. The molecular weight excluding hydrogens is 326 g/mol. The zero-order valence-corrected chi connectivity index (χ0v) is 15.4. The van der Waals surface area contributed by atoms with Crippen LogP contribution < -0.4 is 15.8 Å². The van der Waals surface area contributed by atoms with E-state index < -0.39 is 0 Å². The van der Waals surface area contributed by atoms with Gasteiger partial charge in [0.05, 0.1) is 7.11 Å². The quantitative estimate of drug-likeness (QED) is 0.803. The fourth-order valence-corrected chi connectivity index (χ4v) is 3.63. The van der Waals surface area contributed by atoms with E-state index in [0.29, 0.717) is 19.0 Å². The highest BCUT2D eigenvalue weighted by Gasteiger charge is 2.25. The molecule has 0 saturated heterocycles. The number of nitrogens with zero attached hydrogens (tertiary/aromatic N) is 1. The molecule has 1 amide bonds. The van der Waals surface area contributed by atoms with Crippen molar-refractivity contribution in [2.24, 2.45) is 5.73 Å². The molecule has 0 saturated carbocycles. The van der Waals surface area contributed by atoms with Gasteiger partial charge in [-0.1, -0.05) is 36.4 Å². The first kappa shape index (κ1) is 18.3. The summed E-state index contributed by atoms with van der Waals surface area (Å²) >= 11 is 0. The average molecular weight is 353 g/mol. The lowest BCUT2D eigenvalue weighted by molar-refractivity contribution is -0.129. The Morgan fingerprint density at radius 1 is 1.27 bits per heavy atom. The molecular formula is C21H27N3O2. The summed E-state index contributed by atoms with van der Waals surface area (Å²) in [5.74, 6) is 1.21. The Balaban J connectivity index is 1.64. The summed E-state index contributed by atoms with van der Waals surface area (Å²) in [5.41, 5.74) is 9.93. The number of carbonyl (C=O) groups excluding carboxylic acids is 1. The Kier molecular flexibility index (Phi) is 5.78. The van der Waals surface area contributed by atoms with Gasteiger partial charge in [-0.15, -0.1) is 0 Å². The van der Waals surface area contributed by atoms with E-state index in [4.69, 9.17) is 10.5 Å². The van der Waals surface area contributed by atoms with Crippen molar-refractivity contribution in [2.75, 3.05) is 25.5 Å². The molecule has 1 aliphatic heterocycles. The Bertz CT molecular complexity index is 762. The van der Waals surface area contributed by atoms with Crippen molar-refractivity contribution >= 4 is 11.6 Å². The van der Waals surface area contributed by atoms with Gasteiger partial charge in [0.15, 0.2) is 0 Å². The molecule has 2 aromatic rings. The van der Waals surface area contributed by atoms with Crippen LogP contribution >= 0.6 is 0 Å². The van der Waals surface area contributed by atoms with Crippen molar-refractivity contribution in [2.45, 2.75) is 31.8 Å². The van der Waals surface area contributed by atoms with E-state index in [0.717, 1.165) is 24.3 Å². The molecule has 0 spiro atoms. The van der Waals surface area contributed by atoms with Crippen LogP contribution in [0.25, 0.3) is 0 Å². The Morgan fingerprint density at radius 2 is 2.00 bits per heavy atom. The van der Waals surface area contributed by atoms with Gasteiger partial charge in [-0.3, -0.25) is 4.79 Å². The van der Waals surface area contributed by atoms with E-state index in [1.807, 2.05) is 30.3 Å². The van der Waals surface area contributed by atoms with Gasteiger partial charge in [0.1, 0.15) is 5.75 Å². The van der Waals surface area contributed by atoms with Crippen molar-refractivity contribution in [1.82, 2.24) is 4.90 Å². The van der Waals surface area contributed by atoms with E-state index in [1.165, 1.54) is 11.3 Å². The zero-order valence-electron chi connectivity index (χ0n) is 15.4. The summed E-state index contributed by atoms with van der Waals surface area (Å²) in [4.78, 5) is 13.9. The molecule has 0 aliphatic carbocycles. The molecule has 2 atom stereocenters. The average Bonchev–Trinajstić information content (AvgIpc) is 3.04. The summed E-state index contributed by atoms with van der Waals surface area (Å²) in [6.45, 7) is 3.53. The van der Waals surface area contributed by atoms with Crippen LogP contribution in [0.1, 0.15) is 30.4 Å². The van der Waals surface area contributed by atoms with E-state index >= 15 is 0 Å². The van der Waals surface area contributed by atoms with Gasteiger partial charge in [-0.25, -0.2) is 0 Å². The van der Waals surface area contributed by atoms with Gasteiger partial charge in [-0.2, -0.15) is 0 Å². The monoisotopic (exact) mass is 353 g/mol. The third kappa shape index (κ3) is 4.17. The van der Waals surface area contributed by atoms with Crippen molar-refractivity contribution < 1.29 is 9.53 Å². The maximum Gasteiger partial charge on any atom is 0.219 e. The predicted molar refractivity (Wildman–Crippen MR) is 104 cm³/mol. The molecule has 0 bridgehead atoms. The summed E-state index contributed by atoms with van der Waals surface area (Å²) in [7, 11) is 1.65. The number of rotatable bonds is 7. The van der Waals surface area contributed by atoms with E-state index in [9.17, 15) is 4.79 Å². The molecule has 2 aromatic carbocycles. The second kappa shape index (κ2) is 8.23. The van der Waals surface area contributed by atoms with Gasteiger partial charge < -0.3 is 20.7 Å². The number of ether oxygens (including phenoxy) is 1. The van der Waals surface area contributed by atoms with Crippen LogP contribution in [0.5, 0.6) is 5.75 Å². The number of para-hydroxylation sites is 2. The third-order valence-electron chi connectivity index (χ3n) is 4.98. The van der Waals surface area contributed by atoms with Crippen LogP contribution in [0.2, 0.25) is 0 Å². The molecule has 0 fully saturated rings. The number of fused-ring (bicyclic) bond motifs is 1. The maximum atomic E-state index is 12.1. The number of carbonyl (C=O) groups is 1. The summed E-state index contributed by atoms with van der Waals surface area (Å²) < 4.78 is 5.40. The van der Waals surface area contributed by atoms with Crippen molar-refractivity contribution in [1.29, 1.82) is 0 Å². The molecule has 138 valence electrons. The SMILES string of the molecule is COc1ccccc1CN(CC(N)C[C@H]1CNc2ccccc21)C(C)=O. The highest BCUT2D eigenvalue weighted by molar-refractivity contribution is 5.73. The molecule has 3 N–H and O–H groups in total. The zero-order chi connectivity index (χ0) is 18.5. The Morgan fingerprint density at radius 3 is 2.77 bits per heavy atom. The molecule has 5 nitrogen and oxygen atoms in total.